The normalized spacial score (nSPS) is 12.2. The molecule has 24 heavy (non-hydrogen) atoms. The number of ether oxygens (including phenoxy) is 2. The molecule has 0 N–H and O–H groups in total. The fourth-order valence-electron chi connectivity index (χ4n) is 2.92. The summed E-state index contributed by atoms with van der Waals surface area (Å²) < 4.78 is 11.1. The van der Waals surface area contributed by atoms with Crippen LogP contribution in [-0.4, -0.2) is 25.9 Å². The smallest absolute Gasteiger partial charge is 0.0704 e. The van der Waals surface area contributed by atoms with E-state index in [1.54, 1.807) is 0 Å². The Bertz CT molecular complexity index is 565. The van der Waals surface area contributed by atoms with Gasteiger partial charge in [-0.05, 0) is 49.8 Å². The number of aryl methyl sites for hydroxylation is 1. The largest absolute Gasteiger partial charge is 0.379 e. The first-order chi connectivity index (χ1) is 11.8. The maximum absolute atomic E-state index is 5.76. The summed E-state index contributed by atoms with van der Waals surface area (Å²) in [6.45, 7) is 6.33. The summed E-state index contributed by atoms with van der Waals surface area (Å²) in [5, 5.41) is 0. The van der Waals surface area contributed by atoms with Crippen LogP contribution in [0.4, 0.5) is 0 Å². The lowest BCUT2D eigenvalue weighted by molar-refractivity contribution is 0.0113. The SMILES string of the molecule is CCOCCOC(C)CCCCc1ccccc1-c1ccccc1. The van der Waals surface area contributed by atoms with Gasteiger partial charge in [0.15, 0.2) is 0 Å². The maximum Gasteiger partial charge on any atom is 0.0704 e. The van der Waals surface area contributed by atoms with Gasteiger partial charge in [-0.15, -0.1) is 0 Å². The molecule has 130 valence electrons. The highest BCUT2D eigenvalue weighted by molar-refractivity contribution is 5.67. The average Bonchev–Trinajstić information content (AvgIpc) is 2.63. The quantitative estimate of drug-likeness (QED) is 0.507. The molecule has 0 heterocycles. The summed E-state index contributed by atoms with van der Waals surface area (Å²) >= 11 is 0. The van der Waals surface area contributed by atoms with Crippen molar-refractivity contribution in [2.24, 2.45) is 0 Å². The first-order valence-electron chi connectivity index (χ1n) is 9.14. The molecule has 0 aromatic heterocycles. The Morgan fingerprint density at radius 3 is 2.42 bits per heavy atom. The monoisotopic (exact) mass is 326 g/mol. The highest BCUT2D eigenvalue weighted by Crippen LogP contribution is 2.25. The standard InChI is InChI=1S/C22H30O2/c1-3-23-17-18-24-19(2)11-7-8-14-21-15-9-10-16-22(21)20-12-5-4-6-13-20/h4-6,9-10,12-13,15-16,19H,3,7-8,11,14,17-18H2,1-2H3. The van der Waals surface area contributed by atoms with E-state index < -0.39 is 0 Å². The van der Waals surface area contributed by atoms with Crippen molar-refractivity contribution in [1.29, 1.82) is 0 Å². The summed E-state index contributed by atoms with van der Waals surface area (Å²) in [7, 11) is 0. The van der Waals surface area contributed by atoms with Crippen LogP contribution in [0.25, 0.3) is 11.1 Å². The highest BCUT2D eigenvalue weighted by Gasteiger charge is 2.06. The first-order valence-corrected chi connectivity index (χ1v) is 9.14. The zero-order valence-corrected chi connectivity index (χ0v) is 15.0. The lowest BCUT2D eigenvalue weighted by atomic mass is 9.96. The van der Waals surface area contributed by atoms with Crippen LogP contribution in [0.3, 0.4) is 0 Å². The predicted octanol–water partition coefficient (Wildman–Crippen LogP) is 5.51. The molecule has 0 bridgehead atoms. The van der Waals surface area contributed by atoms with Gasteiger partial charge in [-0.1, -0.05) is 61.0 Å². The topological polar surface area (TPSA) is 18.5 Å². The van der Waals surface area contributed by atoms with Crippen LogP contribution in [0, 0.1) is 0 Å². The van der Waals surface area contributed by atoms with E-state index in [-0.39, 0.29) is 0 Å². The molecule has 1 unspecified atom stereocenters. The lowest BCUT2D eigenvalue weighted by Crippen LogP contribution is -2.13. The summed E-state index contributed by atoms with van der Waals surface area (Å²) in [6.07, 6.45) is 4.94. The van der Waals surface area contributed by atoms with Crippen LogP contribution in [0.2, 0.25) is 0 Å². The second-order valence-electron chi connectivity index (χ2n) is 6.15. The van der Waals surface area contributed by atoms with Crippen molar-refractivity contribution in [1.82, 2.24) is 0 Å². The number of hydrogen-bond donors (Lipinski definition) is 0. The van der Waals surface area contributed by atoms with Gasteiger partial charge in [0.05, 0.1) is 19.3 Å². The van der Waals surface area contributed by atoms with Crippen molar-refractivity contribution >= 4 is 0 Å². The zero-order valence-electron chi connectivity index (χ0n) is 15.0. The zero-order chi connectivity index (χ0) is 17.0. The number of hydrogen-bond acceptors (Lipinski definition) is 2. The van der Waals surface area contributed by atoms with E-state index >= 15 is 0 Å². The Morgan fingerprint density at radius 1 is 0.875 bits per heavy atom. The molecule has 0 aliphatic heterocycles. The minimum Gasteiger partial charge on any atom is -0.379 e. The van der Waals surface area contributed by atoms with Crippen molar-refractivity contribution in [3.8, 4) is 11.1 Å². The van der Waals surface area contributed by atoms with Crippen molar-refractivity contribution in [3.05, 3.63) is 60.2 Å². The summed E-state index contributed by atoms with van der Waals surface area (Å²) in [5.41, 5.74) is 4.11. The van der Waals surface area contributed by atoms with E-state index in [9.17, 15) is 0 Å². The van der Waals surface area contributed by atoms with E-state index in [0.717, 1.165) is 19.4 Å². The summed E-state index contributed by atoms with van der Waals surface area (Å²) in [5.74, 6) is 0. The summed E-state index contributed by atoms with van der Waals surface area (Å²) in [4.78, 5) is 0. The molecule has 0 fully saturated rings. The van der Waals surface area contributed by atoms with E-state index in [4.69, 9.17) is 9.47 Å². The molecular weight excluding hydrogens is 296 g/mol. The van der Waals surface area contributed by atoms with Gasteiger partial charge in [0, 0.05) is 6.61 Å². The van der Waals surface area contributed by atoms with Crippen molar-refractivity contribution in [2.75, 3.05) is 19.8 Å². The first kappa shape index (κ1) is 18.7. The Labute approximate surface area is 146 Å². The van der Waals surface area contributed by atoms with E-state index in [2.05, 4.69) is 61.5 Å². The number of rotatable bonds is 11. The number of benzene rings is 2. The molecule has 2 nitrogen and oxygen atoms in total. The van der Waals surface area contributed by atoms with Gasteiger partial charge in [0.1, 0.15) is 0 Å². The van der Waals surface area contributed by atoms with Gasteiger partial charge in [0.2, 0.25) is 0 Å². The van der Waals surface area contributed by atoms with Crippen LogP contribution < -0.4 is 0 Å². The van der Waals surface area contributed by atoms with Gasteiger partial charge in [-0.25, -0.2) is 0 Å². The van der Waals surface area contributed by atoms with E-state index in [1.807, 2.05) is 6.92 Å². The van der Waals surface area contributed by atoms with Crippen molar-refractivity contribution < 1.29 is 9.47 Å². The second kappa shape index (κ2) is 11.0. The van der Waals surface area contributed by atoms with Crippen molar-refractivity contribution in [2.45, 2.75) is 45.6 Å². The molecule has 0 saturated heterocycles. The summed E-state index contributed by atoms with van der Waals surface area (Å²) in [6, 6.07) is 19.4. The molecule has 0 spiro atoms. The molecule has 2 rings (SSSR count). The lowest BCUT2D eigenvalue weighted by Gasteiger charge is -2.13. The van der Waals surface area contributed by atoms with Crippen LogP contribution in [-0.2, 0) is 15.9 Å². The van der Waals surface area contributed by atoms with Crippen molar-refractivity contribution in [3.63, 3.8) is 0 Å². The van der Waals surface area contributed by atoms with Gasteiger partial charge in [-0.3, -0.25) is 0 Å². The minimum absolute atomic E-state index is 0.315. The average molecular weight is 326 g/mol. The molecule has 2 aromatic carbocycles. The maximum atomic E-state index is 5.76. The third-order valence-electron chi connectivity index (χ3n) is 4.24. The van der Waals surface area contributed by atoms with Crippen LogP contribution in [0.15, 0.2) is 54.6 Å². The van der Waals surface area contributed by atoms with Crippen LogP contribution in [0.5, 0.6) is 0 Å². The fraction of sp³-hybridized carbons (Fsp3) is 0.455. The third kappa shape index (κ3) is 6.46. The minimum atomic E-state index is 0.315. The van der Waals surface area contributed by atoms with Crippen LogP contribution in [0.1, 0.15) is 38.7 Å². The third-order valence-corrected chi connectivity index (χ3v) is 4.24. The molecule has 0 saturated carbocycles. The molecule has 2 heteroatoms. The van der Waals surface area contributed by atoms with Gasteiger partial charge < -0.3 is 9.47 Å². The Kier molecular flexibility index (Phi) is 8.58. The Hall–Kier alpha value is -1.64. The molecule has 0 aliphatic carbocycles. The molecule has 0 amide bonds. The van der Waals surface area contributed by atoms with E-state index in [0.29, 0.717) is 19.3 Å². The van der Waals surface area contributed by atoms with Gasteiger partial charge in [0.25, 0.3) is 0 Å². The molecule has 2 aromatic rings. The van der Waals surface area contributed by atoms with Gasteiger partial charge in [-0.2, -0.15) is 0 Å². The predicted molar refractivity (Wildman–Crippen MR) is 101 cm³/mol. The second-order valence-corrected chi connectivity index (χ2v) is 6.15. The van der Waals surface area contributed by atoms with Crippen LogP contribution >= 0.6 is 0 Å². The molecule has 0 radical (unpaired) electrons. The van der Waals surface area contributed by atoms with E-state index in [1.165, 1.54) is 29.5 Å². The number of unbranched alkanes of at least 4 members (excludes halogenated alkanes) is 1. The van der Waals surface area contributed by atoms with Gasteiger partial charge >= 0.3 is 0 Å². The Balaban J connectivity index is 1.75. The molecule has 1 atom stereocenters. The fourth-order valence-corrected chi connectivity index (χ4v) is 2.92. The Morgan fingerprint density at radius 2 is 1.62 bits per heavy atom. The molecule has 0 aliphatic rings. The molecular formula is C22H30O2. The highest BCUT2D eigenvalue weighted by atomic mass is 16.5.